The van der Waals surface area contributed by atoms with Gasteiger partial charge in [-0.15, -0.1) is 22.7 Å². The maximum atomic E-state index is 4.71. The molecule has 0 spiro atoms. The van der Waals surface area contributed by atoms with Gasteiger partial charge in [0.15, 0.2) is 0 Å². The van der Waals surface area contributed by atoms with E-state index in [0.29, 0.717) is 0 Å². The Balaban J connectivity index is 1.84. The van der Waals surface area contributed by atoms with Gasteiger partial charge in [-0.1, -0.05) is 0 Å². The number of nitrogens with zero attached hydrogens (tertiary/aromatic N) is 2. The summed E-state index contributed by atoms with van der Waals surface area (Å²) >= 11 is 6.98. The number of thiophene rings is 1. The van der Waals surface area contributed by atoms with E-state index < -0.39 is 0 Å². The van der Waals surface area contributed by atoms with Crippen molar-refractivity contribution in [3.8, 4) is 0 Å². The van der Waals surface area contributed by atoms with E-state index in [1.54, 1.807) is 22.7 Å². The fourth-order valence-electron chi connectivity index (χ4n) is 1.92. The van der Waals surface area contributed by atoms with Crippen molar-refractivity contribution in [2.45, 2.75) is 45.9 Å². The fraction of sp³-hybridized carbons (Fsp3) is 0.533. The second-order valence-corrected chi connectivity index (χ2v) is 9.50. The van der Waals surface area contributed by atoms with Crippen LogP contribution in [-0.2, 0) is 19.6 Å². The number of hydrogen-bond acceptors (Lipinski definition) is 5. The molecule has 0 radical (unpaired) electrons. The molecule has 0 aliphatic rings. The average Bonchev–Trinajstić information content (AvgIpc) is 2.95. The van der Waals surface area contributed by atoms with E-state index in [1.807, 2.05) is 0 Å². The van der Waals surface area contributed by atoms with E-state index >= 15 is 0 Å². The van der Waals surface area contributed by atoms with Crippen LogP contribution in [0.3, 0.4) is 0 Å². The zero-order valence-electron chi connectivity index (χ0n) is 12.9. The van der Waals surface area contributed by atoms with Gasteiger partial charge >= 0.3 is 0 Å². The normalized spacial score (nSPS) is 12.3. The predicted octanol–water partition coefficient (Wildman–Crippen LogP) is 4.49. The van der Waals surface area contributed by atoms with Crippen LogP contribution in [0.5, 0.6) is 0 Å². The quantitative estimate of drug-likeness (QED) is 0.791. The molecule has 2 heterocycles. The molecule has 0 aliphatic heterocycles. The predicted molar refractivity (Wildman–Crippen MR) is 95.9 cm³/mol. The lowest BCUT2D eigenvalue weighted by Crippen LogP contribution is -2.35. The highest BCUT2D eigenvalue weighted by atomic mass is 79.9. The van der Waals surface area contributed by atoms with Crippen molar-refractivity contribution in [3.63, 3.8) is 0 Å². The molecule has 0 bridgehead atoms. The molecule has 1 N–H and O–H groups in total. The molecule has 2 aromatic rings. The minimum Gasteiger partial charge on any atom is -0.306 e. The van der Waals surface area contributed by atoms with Gasteiger partial charge in [0.2, 0.25) is 0 Å². The zero-order chi connectivity index (χ0) is 15.5. The Morgan fingerprint density at radius 1 is 1.24 bits per heavy atom. The van der Waals surface area contributed by atoms with Crippen molar-refractivity contribution in [3.05, 3.63) is 36.9 Å². The van der Waals surface area contributed by atoms with Crippen molar-refractivity contribution in [2.24, 2.45) is 0 Å². The maximum absolute atomic E-state index is 4.71. The van der Waals surface area contributed by atoms with Gasteiger partial charge in [0.05, 0.1) is 9.48 Å². The standard InChI is InChI=1S/C15H22BrN3S2/c1-15(2,3)17-6-14-18-12(10-21-14)8-19(4)7-11-5-13(16)20-9-11/h5,9-10,17H,6-8H2,1-4H3. The van der Waals surface area contributed by atoms with E-state index in [9.17, 15) is 0 Å². The fourth-order valence-corrected chi connectivity index (χ4v) is 3.84. The molecule has 116 valence electrons. The Labute approximate surface area is 143 Å². The molecule has 6 heteroatoms. The minimum absolute atomic E-state index is 0.134. The molecule has 0 aliphatic carbocycles. The summed E-state index contributed by atoms with van der Waals surface area (Å²) in [6.07, 6.45) is 0. The third-order valence-corrected chi connectivity index (χ3v) is 5.33. The molecule has 0 amide bonds. The van der Waals surface area contributed by atoms with Crippen molar-refractivity contribution < 1.29 is 0 Å². The zero-order valence-corrected chi connectivity index (χ0v) is 16.2. The van der Waals surface area contributed by atoms with E-state index in [4.69, 9.17) is 4.98 Å². The van der Waals surface area contributed by atoms with Crippen LogP contribution in [0, 0.1) is 0 Å². The number of rotatable bonds is 6. The lowest BCUT2D eigenvalue weighted by Gasteiger charge is -2.19. The van der Waals surface area contributed by atoms with Crippen LogP contribution >= 0.6 is 38.6 Å². The van der Waals surface area contributed by atoms with E-state index in [1.165, 1.54) is 9.35 Å². The Bertz CT molecular complexity index is 571. The van der Waals surface area contributed by atoms with Crippen LogP contribution in [0.2, 0.25) is 0 Å². The highest BCUT2D eigenvalue weighted by Gasteiger charge is 2.11. The smallest absolute Gasteiger partial charge is 0.107 e. The molecule has 2 rings (SSSR count). The molecule has 0 saturated carbocycles. The molecule has 2 aromatic heterocycles. The van der Waals surface area contributed by atoms with Gasteiger partial charge in [-0.2, -0.15) is 0 Å². The second-order valence-electron chi connectivity index (χ2n) is 6.27. The van der Waals surface area contributed by atoms with Gasteiger partial charge < -0.3 is 5.32 Å². The Hall–Kier alpha value is -0.270. The number of aromatic nitrogens is 1. The molecule has 0 atom stereocenters. The molecular weight excluding hydrogens is 366 g/mol. The van der Waals surface area contributed by atoms with Crippen molar-refractivity contribution in [1.29, 1.82) is 0 Å². The second kappa shape index (κ2) is 7.33. The van der Waals surface area contributed by atoms with Gasteiger partial charge in [0.1, 0.15) is 5.01 Å². The first kappa shape index (κ1) is 17.1. The van der Waals surface area contributed by atoms with Crippen molar-refractivity contribution >= 4 is 38.6 Å². The Morgan fingerprint density at radius 3 is 2.62 bits per heavy atom. The number of nitrogens with one attached hydrogen (secondary N) is 1. The number of thiazole rings is 1. The van der Waals surface area contributed by atoms with Crippen LogP contribution in [0.1, 0.15) is 37.0 Å². The summed E-state index contributed by atoms with van der Waals surface area (Å²) in [4.78, 5) is 7.00. The first-order chi connectivity index (χ1) is 9.82. The van der Waals surface area contributed by atoms with Crippen molar-refractivity contribution in [2.75, 3.05) is 7.05 Å². The van der Waals surface area contributed by atoms with Gasteiger partial charge in [0.25, 0.3) is 0 Å². The Kier molecular flexibility index (Phi) is 5.96. The SMILES string of the molecule is CN(Cc1csc(Br)c1)Cc1csc(CNC(C)(C)C)n1. The largest absolute Gasteiger partial charge is 0.306 e. The Morgan fingerprint density at radius 2 is 2.00 bits per heavy atom. The van der Waals surface area contributed by atoms with Gasteiger partial charge in [0, 0.05) is 30.6 Å². The summed E-state index contributed by atoms with van der Waals surface area (Å²) in [6.45, 7) is 9.21. The van der Waals surface area contributed by atoms with E-state index in [2.05, 4.69) is 70.8 Å². The molecular formula is C15H22BrN3S2. The van der Waals surface area contributed by atoms with Gasteiger partial charge in [-0.25, -0.2) is 4.98 Å². The summed E-state index contributed by atoms with van der Waals surface area (Å²) in [6, 6.07) is 2.18. The summed E-state index contributed by atoms with van der Waals surface area (Å²) in [5.41, 5.74) is 2.64. The van der Waals surface area contributed by atoms with Crippen LogP contribution in [0.4, 0.5) is 0 Å². The number of halogens is 1. The molecule has 0 unspecified atom stereocenters. The lowest BCUT2D eigenvalue weighted by atomic mass is 10.1. The summed E-state index contributed by atoms with van der Waals surface area (Å²) in [5.74, 6) is 0. The summed E-state index contributed by atoms with van der Waals surface area (Å²) in [7, 11) is 2.14. The topological polar surface area (TPSA) is 28.2 Å². The minimum atomic E-state index is 0.134. The first-order valence-corrected chi connectivity index (χ1v) is 9.47. The lowest BCUT2D eigenvalue weighted by molar-refractivity contribution is 0.315. The number of hydrogen-bond donors (Lipinski definition) is 1. The third kappa shape index (κ3) is 6.16. The maximum Gasteiger partial charge on any atom is 0.107 e. The summed E-state index contributed by atoms with van der Waals surface area (Å²) < 4.78 is 1.19. The average molecular weight is 388 g/mol. The van der Waals surface area contributed by atoms with Gasteiger partial charge in [-0.3, -0.25) is 4.90 Å². The van der Waals surface area contributed by atoms with Crippen LogP contribution in [0.25, 0.3) is 0 Å². The molecule has 0 saturated heterocycles. The highest BCUT2D eigenvalue weighted by Crippen LogP contribution is 2.22. The third-order valence-electron chi connectivity index (χ3n) is 2.88. The highest BCUT2D eigenvalue weighted by molar-refractivity contribution is 9.11. The molecule has 0 aromatic carbocycles. The van der Waals surface area contributed by atoms with Gasteiger partial charge in [-0.05, 0) is 60.8 Å². The van der Waals surface area contributed by atoms with E-state index in [-0.39, 0.29) is 5.54 Å². The monoisotopic (exact) mass is 387 g/mol. The molecule has 0 fully saturated rings. The van der Waals surface area contributed by atoms with Crippen LogP contribution in [-0.4, -0.2) is 22.5 Å². The van der Waals surface area contributed by atoms with Crippen LogP contribution in [0.15, 0.2) is 20.6 Å². The van der Waals surface area contributed by atoms with Crippen molar-refractivity contribution in [1.82, 2.24) is 15.2 Å². The molecule has 21 heavy (non-hydrogen) atoms. The van der Waals surface area contributed by atoms with Crippen LogP contribution < -0.4 is 5.32 Å². The first-order valence-electron chi connectivity index (χ1n) is 6.91. The molecule has 3 nitrogen and oxygen atoms in total. The summed E-state index contributed by atoms with van der Waals surface area (Å²) in [5, 5.41) is 9.00. The van der Waals surface area contributed by atoms with E-state index in [0.717, 1.165) is 30.3 Å².